The Morgan fingerprint density at radius 2 is 1.70 bits per heavy atom. The third kappa shape index (κ3) is 3.81. The van der Waals surface area contributed by atoms with Crippen molar-refractivity contribution in [1.82, 2.24) is 0 Å². The van der Waals surface area contributed by atoms with Gasteiger partial charge in [0.25, 0.3) is 10.0 Å². The van der Waals surface area contributed by atoms with Crippen LogP contribution in [0.15, 0.2) is 47.4 Å². The van der Waals surface area contributed by atoms with Gasteiger partial charge in [0.15, 0.2) is 0 Å². The van der Waals surface area contributed by atoms with Gasteiger partial charge in [0.2, 0.25) is 0 Å². The molecule has 2 aromatic rings. The molecular formula is C15H11F3N2O2S. The van der Waals surface area contributed by atoms with Crippen LogP contribution >= 0.6 is 0 Å². The number of rotatable bonds is 3. The van der Waals surface area contributed by atoms with Crippen LogP contribution in [0.4, 0.5) is 18.9 Å². The van der Waals surface area contributed by atoms with Gasteiger partial charge in [-0.05, 0) is 37.3 Å². The topological polar surface area (TPSA) is 70.0 Å². The van der Waals surface area contributed by atoms with Crippen LogP contribution in [0.2, 0.25) is 0 Å². The zero-order chi connectivity index (χ0) is 17.3. The maximum atomic E-state index is 12.7. The summed E-state index contributed by atoms with van der Waals surface area (Å²) in [5.41, 5.74) is -0.824. The molecule has 0 aliphatic rings. The number of nitriles is 1. The average Bonchev–Trinajstić information content (AvgIpc) is 2.46. The van der Waals surface area contributed by atoms with Crippen molar-refractivity contribution in [2.45, 2.75) is 18.0 Å². The molecule has 1 N–H and O–H groups in total. The normalized spacial score (nSPS) is 11.8. The lowest BCUT2D eigenvalue weighted by molar-refractivity contribution is -0.137. The van der Waals surface area contributed by atoms with Crippen LogP contribution in [0, 0.1) is 18.3 Å². The van der Waals surface area contributed by atoms with Crippen molar-refractivity contribution in [2.75, 3.05) is 4.72 Å². The third-order valence-electron chi connectivity index (χ3n) is 3.04. The Hall–Kier alpha value is -2.53. The minimum absolute atomic E-state index is 0.107. The van der Waals surface area contributed by atoms with Gasteiger partial charge in [0.05, 0.1) is 21.7 Å². The van der Waals surface area contributed by atoms with Crippen molar-refractivity contribution in [3.8, 4) is 6.07 Å². The smallest absolute Gasteiger partial charge is 0.278 e. The van der Waals surface area contributed by atoms with Gasteiger partial charge in [-0.1, -0.05) is 17.7 Å². The molecule has 0 amide bonds. The van der Waals surface area contributed by atoms with Crippen LogP contribution in [0.25, 0.3) is 0 Å². The maximum Gasteiger partial charge on any atom is 0.416 e. The Labute approximate surface area is 131 Å². The van der Waals surface area contributed by atoms with Gasteiger partial charge in [0, 0.05) is 0 Å². The minimum Gasteiger partial charge on any atom is -0.278 e. The molecule has 0 saturated carbocycles. The Morgan fingerprint density at radius 3 is 2.22 bits per heavy atom. The van der Waals surface area contributed by atoms with Gasteiger partial charge in [-0.25, -0.2) is 8.42 Å². The monoisotopic (exact) mass is 340 g/mol. The van der Waals surface area contributed by atoms with Crippen LogP contribution in [0.1, 0.15) is 16.7 Å². The first-order valence-corrected chi connectivity index (χ1v) is 7.82. The van der Waals surface area contributed by atoms with E-state index in [1.165, 1.54) is 12.1 Å². The van der Waals surface area contributed by atoms with Crippen LogP contribution in [0.5, 0.6) is 0 Å². The molecule has 0 radical (unpaired) electrons. The average molecular weight is 340 g/mol. The van der Waals surface area contributed by atoms with Gasteiger partial charge in [-0.15, -0.1) is 0 Å². The molecule has 0 heterocycles. The Morgan fingerprint density at radius 1 is 1.09 bits per heavy atom. The first kappa shape index (κ1) is 16.8. The first-order chi connectivity index (χ1) is 10.6. The van der Waals surface area contributed by atoms with E-state index in [0.717, 1.165) is 17.7 Å². The molecule has 0 atom stereocenters. The number of aryl methyl sites for hydroxylation is 1. The zero-order valence-electron chi connectivity index (χ0n) is 11.8. The number of hydrogen-bond acceptors (Lipinski definition) is 3. The summed E-state index contributed by atoms with van der Waals surface area (Å²) in [6, 6.07) is 9.70. The molecule has 0 unspecified atom stereocenters. The highest BCUT2D eigenvalue weighted by molar-refractivity contribution is 7.92. The molecule has 0 spiro atoms. The quantitative estimate of drug-likeness (QED) is 0.926. The summed E-state index contributed by atoms with van der Waals surface area (Å²) in [5.74, 6) is 0. The van der Waals surface area contributed by atoms with Gasteiger partial charge in [-0.2, -0.15) is 18.4 Å². The number of benzene rings is 2. The molecule has 0 aromatic heterocycles. The van der Waals surface area contributed by atoms with E-state index in [0.29, 0.717) is 6.07 Å². The van der Waals surface area contributed by atoms with Gasteiger partial charge in [0.1, 0.15) is 6.07 Å². The molecule has 0 bridgehead atoms. The number of sulfonamides is 1. The van der Waals surface area contributed by atoms with E-state index in [9.17, 15) is 21.6 Å². The molecule has 2 aromatic carbocycles. The molecule has 23 heavy (non-hydrogen) atoms. The van der Waals surface area contributed by atoms with Gasteiger partial charge in [-0.3, -0.25) is 4.72 Å². The van der Waals surface area contributed by atoms with Crippen molar-refractivity contribution >= 4 is 15.7 Å². The van der Waals surface area contributed by atoms with E-state index in [2.05, 4.69) is 0 Å². The van der Waals surface area contributed by atoms with E-state index < -0.39 is 27.5 Å². The number of halogens is 3. The third-order valence-corrected chi connectivity index (χ3v) is 4.42. The van der Waals surface area contributed by atoms with E-state index >= 15 is 0 Å². The van der Waals surface area contributed by atoms with Gasteiger partial charge >= 0.3 is 6.18 Å². The predicted molar refractivity (Wildman–Crippen MR) is 78.1 cm³/mol. The zero-order valence-corrected chi connectivity index (χ0v) is 12.7. The number of nitrogens with zero attached hydrogens (tertiary/aromatic N) is 1. The molecule has 0 aliphatic heterocycles. The molecule has 2 rings (SSSR count). The second-order valence-corrected chi connectivity index (χ2v) is 6.47. The maximum absolute atomic E-state index is 12.7. The summed E-state index contributed by atoms with van der Waals surface area (Å²) in [5, 5.41) is 8.95. The lowest BCUT2D eigenvalue weighted by Crippen LogP contribution is -2.15. The van der Waals surface area contributed by atoms with E-state index in [1.807, 2.05) is 4.72 Å². The number of nitrogens with one attached hydrogen (secondary N) is 1. The van der Waals surface area contributed by atoms with Crippen LogP contribution < -0.4 is 4.72 Å². The number of hydrogen-bond donors (Lipinski definition) is 1. The lowest BCUT2D eigenvalue weighted by atomic mass is 10.1. The standard InChI is InChI=1S/C15H11F3N2O2S/c1-10-2-6-13(7-3-10)23(21,22)20-14-8-12(15(16,17)18)5-4-11(14)9-19/h2-8,20H,1H3. The highest BCUT2D eigenvalue weighted by Crippen LogP contribution is 2.32. The fourth-order valence-electron chi connectivity index (χ4n) is 1.82. The predicted octanol–water partition coefficient (Wildman–Crippen LogP) is 3.69. The van der Waals surface area contributed by atoms with Crippen molar-refractivity contribution in [2.24, 2.45) is 0 Å². The molecular weight excluding hydrogens is 329 g/mol. The summed E-state index contributed by atoms with van der Waals surface area (Å²) in [6.45, 7) is 1.77. The van der Waals surface area contributed by atoms with Crippen molar-refractivity contribution in [1.29, 1.82) is 5.26 Å². The highest BCUT2D eigenvalue weighted by atomic mass is 32.2. The summed E-state index contributed by atoms with van der Waals surface area (Å²) in [6.07, 6.45) is -4.64. The Bertz CT molecular complexity index is 867. The first-order valence-electron chi connectivity index (χ1n) is 6.34. The Kier molecular flexibility index (Phi) is 4.34. The minimum atomic E-state index is -4.64. The molecule has 4 nitrogen and oxygen atoms in total. The van der Waals surface area contributed by atoms with E-state index in [4.69, 9.17) is 5.26 Å². The fraction of sp³-hybridized carbons (Fsp3) is 0.133. The highest BCUT2D eigenvalue weighted by Gasteiger charge is 2.31. The fourth-order valence-corrected chi connectivity index (χ4v) is 2.89. The summed E-state index contributed by atoms with van der Waals surface area (Å²) in [7, 11) is -4.09. The van der Waals surface area contributed by atoms with Crippen LogP contribution in [-0.2, 0) is 16.2 Å². The van der Waals surface area contributed by atoms with Crippen molar-refractivity contribution in [3.63, 3.8) is 0 Å². The van der Waals surface area contributed by atoms with Crippen LogP contribution in [0.3, 0.4) is 0 Å². The number of anilines is 1. The lowest BCUT2D eigenvalue weighted by Gasteiger charge is -2.13. The second kappa shape index (κ2) is 5.93. The second-order valence-electron chi connectivity index (χ2n) is 4.79. The van der Waals surface area contributed by atoms with Gasteiger partial charge < -0.3 is 0 Å². The SMILES string of the molecule is Cc1ccc(S(=O)(=O)Nc2cc(C(F)(F)F)ccc2C#N)cc1. The van der Waals surface area contributed by atoms with Crippen molar-refractivity contribution < 1.29 is 21.6 Å². The molecule has 0 aliphatic carbocycles. The largest absolute Gasteiger partial charge is 0.416 e. The molecule has 0 fully saturated rings. The van der Waals surface area contributed by atoms with Crippen LogP contribution in [-0.4, -0.2) is 8.42 Å². The van der Waals surface area contributed by atoms with E-state index in [1.54, 1.807) is 25.1 Å². The summed E-state index contributed by atoms with van der Waals surface area (Å²) in [4.78, 5) is -0.107. The van der Waals surface area contributed by atoms with E-state index in [-0.39, 0.29) is 10.5 Å². The molecule has 8 heteroatoms. The molecule has 0 saturated heterocycles. The Balaban J connectivity index is 2.46. The summed E-state index contributed by atoms with van der Waals surface area (Å²) < 4.78 is 64.7. The number of alkyl halides is 3. The van der Waals surface area contributed by atoms with Crippen molar-refractivity contribution in [3.05, 3.63) is 59.2 Å². The molecule has 120 valence electrons. The summed E-state index contributed by atoms with van der Waals surface area (Å²) >= 11 is 0.